The number of ether oxygens (including phenoxy) is 2. The summed E-state index contributed by atoms with van der Waals surface area (Å²) in [7, 11) is 0. The van der Waals surface area contributed by atoms with Gasteiger partial charge in [-0.2, -0.15) is 18.2 Å². The molecule has 0 aromatic carbocycles. The van der Waals surface area contributed by atoms with E-state index in [1.807, 2.05) is 33.8 Å². The van der Waals surface area contributed by atoms with Crippen LogP contribution in [0.4, 0.5) is 24.7 Å². The van der Waals surface area contributed by atoms with Crippen molar-refractivity contribution in [1.29, 1.82) is 0 Å². The van der Waals surface area contributed by atoms with E-state index in [4.69, 9.17) is 9.47 Å². The maximum absolute atomic E-state index is 13.5. The minimum Gasteiger partial charge on any atom is -0.472 e. The molecule has 0 spiro atoms. The van der Waals surface area contributed by atoms with Gasteiger partial charge in [0.25, 0.3) is 0 Å². The van der Waals surface area contributed by atoms with Crippen molar-refractivity contribution in [2.24, 2.45) is 0 Å². The fourth-order valence-corrected chi connectivity index (χ4v) is 3.65. The second-order valence-electron chi connectivity index (χ2n) is 8.25. The van der Waals surface area contributed by atoms with Crippen LogP contribution in [0.5, 0.6) is 5.88 Å². The van der Waals surface area contributed by atoms with Crippen LogP contribution in [0.25, 0.3) is 0 Å². The Morgan fingerprint density at radius 1 is 1.15 bits per heavy atom. The standard InChI is InChI=1S/C19H28F3N3O2/c1-13-12-26-9-8-24(13)14-10-16(23-17(11-14)27-18(2,3)4)25-7-5-6-15(25)19(20,21)22/h10-11,13,15H,5-9,12H2,1-4H3. The predicted molar refractivity (Wildman–Crippen MR) is 98.7 cm³/mol. The summed E-state index contributed by atoms with van der Waals surface area (Å²) in [5, 5.41) is 0. The first-order valence-electron chi connectivity index (χ1n) is 9.43. The molecule has 2 aliphatic rings. The van der Waals surface area contributed by atoms with E-state index >= 15 is 0 Å². The van der Waals surface area contributed by atoms with Crippen molar-refractivity contribution in [3.63, 3.8) is 0 Å². The Labute approximate surface area is 158 Å². The first-order chi connectivity index (χ1) is 12.5. The van der Waals surface area contributed by atoms with E-state index in [9.17, 15) is 13.2 Å². The number of hydrogen-bond donors (Lipinski definition) is 0. The molecule has 1 aromatic rings. The molecule has 8 heteroatoms. The lowest BCUT2D eigenvalue weighted by Gasteiger charge is -2.36. The lowest BCUT2D eigenvalue weighted by molar-refractivity contribution is -0.146. The molecule has 3 heterocycles. The highest BCUT2D eigenvalue weighted by Gasteiger charge is 2.46. The van der Waals surface area contributed by atoms with E-state index < -0.39 is 17.8 Å². The van der Waals surface area contributed by atoms with Crippen LogP contribution < -0.4 is 14.5 Å². The van der Waals surface area contributed by atoms with Gasteiger partial charge >= 0.3 is 6.18 Å². The van der Waals surface area contributed by atoms with Crippen molar-refractivity contribution in [2.75, 3.05) is 36.1 Å². The zero-order valence-electron chi connectivity index (χ0n) is 16.3. The van der Waals surface area contributed by atoms with Gasteiger partial charge in [0.15, 0.2) is 0 Å². The molecular formula is C19H28F3N3O2. The minimum absolute atomic E-state index is 0.0961. The number of halogens is 3. The molecule has 3 rings (SSSR count). The summed E-state index contributed by atoms with van der Waals surface area (Å²) in [6.45, 7) is 9.93. The Balaban J connectivity index is 1.99. The number of alkyl halides is 3. The number of anilines is 2. The highest BCUT2D eigenvalue weighted by molar-refractivity contribution is 5.59. The second kappa shape index (κ2) is 7.37. The second-order valence-corrected chi connectivity index (χ2v) is 8.25. The Morgan fingerprint density at radius 2 is 1.89 bits per heavy atom. The maximum Gasteiger partial charge on any atom is 0.408 e. The van der Waals surface area contributed by atoms with Gasteiger partial charge in [-0.25, -0.2) is 0 Å². The van der Waals surface area contributed by atoms with E-state index in [1.54, 1.807) is 6.07 Å². The van der Waals surface area contributed by atoms with Gasteiger partial charge in [0.05, 0.1) is 13.2 Å². The molecule has 0 saturated carbocycles. The third kappa shape index (κ3) is 4.78. The smallest absolute Gasteiger partial charge is 0.408 e. The van der Waals surface area contributed by atoms with Gasteiger partial charge in [-0.3, -0.25) is 0 Å². The summed E-state index contributed by atoms with van der Waals surface area (Å²) >= 11 is 0. The zero-order valence-corrected chi connectivity index (χ0v) is 16.3. The van der Waals surface area contributed by atoms with Crippen LogP contribution in [-0.2, 0) is 4.74 Å². The minimum atomic E-state index is -4.27. The quantitative estimate of drug-likeness (QED) is 0.783. The number of aromatic nitrogens is 1. The molecule has 0 aliphatic carbocycles. The van der Waals surface area contributed by atoms with Gasteiger partial charge < -0.3 is 19.3 Å². The molecule has 27 heavy (non-hydrogen) atoms. The Bertz CT molecular complexity index is 661. The Kier molecular flexibility index (Phi) is 5.47. The molecule has 0 bridgehead atoms. The average molecular weight is 387 g/mol. The molecule has 5 nitrogen and oxygen atoms in total. The number of nitrogens with zero attached hydrogens (tertiary/aromatic N) is 3. The van der Waals surface area contributed by atoms with Crippen LogP contribution in [-0.4, -0.2) is 55.1 Å². The Hall–Kier alpha value is -1.70. The van der Waals surface area contributed by atoms with Crippen LogP contribution in [0.3, 0.4) is 0 Å². The monoisotopic (exact) mass is 387 g/mol. The van der Waals surface area contributed by atoms with Crippen molar-refractivity contribution in [2.45, 2.75) is 64.4 Å². The fraction of sp³-hybridized carbons (Fsp3) is 0.737. The maximum atomic E-state index is 13.5. The molecule has 2 atom stereocenters. The SMILES string of the molecule is CC1COCCN1c1cc(OC(C)(C)C)nc(N2CCCC2C(F)(F)F)c1. The highest BCUT2D eigenvalue weighted by Crippen LogP contribution is 2.38. The van der Waals surface area contributed by atoms with E-state index in [0.29, 0.717) is 44.4 Å². The normalized spacial score (nSPS) is 24.4. The van der Waals surface area contributed by atoms with Crippen LogP contribution in [0, 0.1) is 0 Å². The Morgan fingerprint density at radius 3 is 2.52 bits per heavy atom. The lowest BCUT2D eigenvalue weighted by Crippen LogP contribution is -2.44. The predicted octanol–water partition coefficient (Wildman–Crippen LogP) is 4.02. The summed E-state index contributed by atoms with van der Waals surface area (Å²) < 4.78 is 51.8. The summed E-state index contributed by atoms with van der Waals surface area (Å²) in [6.07, 6.45) is -3.68. The summed E-state index contributed by atoms with van der Waals surface area (Å²) in [6, 6.07) is 2.20. The third-order valence-corrected chi connectivity index (χ3v) is 4.81. The summed E-state index contributed by atoms with van der Waals surface area (Å²) in [4.78, 5) is 7.94. The topological polar surface area (TPSA) is 37.8 Å². The summed E-state index contributed by atoms with van der Waals surface area (Å²) in [5.41, 5.74) is 0.330. The largest absolute Gasteiger partial charge is 0.472 e. The van der Waals surface area contributed by atoms with Gasteiger partial charge in [0, 0.05) is 37.0 Å². The van der Waals surface area contributed by atoms with Crippen molar-refractivity contribution in [1.82, 2.24) is 4.98 Å². The molecule has 2 fully saturated rings. The molecule has 0 N–H and O–H groups in total. The highest BCUT2D eigenvalue weighted by atomic mass is 19.4. The van der Waals surface area contributed by atoms with E-state index in [-0.39, 0.29) is 12.5 Å². The molecule has 0 amide bonds. The van der Waals surface area contributed by atoms with Gasteiger partial charge in [-0.15, -0.1) is 0 Å². The molecule has 2 aliphatic heterocycles. The van der Waals surface area contributed by atoms with Crippen LogP contribution in [0.1, 0.15) is 40.5 Å². The molecular weight excluding hydrogens is 359 g/mol. The van der Waals surface area contributed by atoms with Crippen molar-refractivity contribution in [3.05, 3.63) is 12.1 Å². The fourth-order valence-electron chi connectivity index (χ4n) is 3.65. The van der Waals surface area contributed by atoms with Gasteiger partial charge in [-0.05, 0) is 40.5 Å². The first-order valence-corrected chi connectivity index (χ1v) is 9.43. The number of hydrogen-bond acceptors (Lipinski definition) is 5. The molecule has 152 valence electrons. The number of morpholine rings is 1. The van der Waals surface area contributed by atoms with Gasteiger partial charge in [0.1, 0.15) is 17.5 Å². The van der Waals surface area contributed by atoms with Crippen LogP contribution in [0.2, 0.25) is 0 Å². The van der Waals surface area contributed by atoms with Gasteiger partial charge in [-0.1, -0.05) is 0 Å². The van der Waals surface area contributed by atoms with E-state index in [0.717, 1.165) is 5.69 Å². The van der Waals surface area contributed by atoms with E-state index in [1.165, 1.54) is 4.90 Å². The van der Waals surface area contributed by atoms with E-state index in [2.05, 4.69) is 9.88 Å². The molecule has 2 unspecified atom stereocenters. The number of pyridine rings is 1. The number of rotatable bonds is 3. The summed E-state index contributed by atoms with van der Waals surface area (Å²) in [5.74, 6) is 0.673. The van der Waals surface area contributed by atoms with Crippen molar-refractivity contribution < 1.29 is 22.6 Å². The average Bonchev–Trinajstić information content (AvgIpc) is 3.03. The van der Waals surface area contributed by atoms with Crippen LogP contribution in [0.15, 0.2) is 12.1 Å². The molecule has 2 saturated heterocycles. The lowest BCUT2D eigenvalue weighted by atomic mass is 10.2. The van der Waals surface area contributed by atoms with Crippen LogP contribution >= 0.6 is 0 Å². The first kappa shape index (κ1) is 20.0. The zero-order chi connectivity index (χ0) is 19.8. The third-order valence-electron chi connectivity index (χ3n) is 4.81. The van der Waals surface area contributed by atoms with Crippen molar-refractivity contribution >= 4 is 11.5 Å². The van der Waals surface area contributed by atoms with Crippen molar-refractivity contribution in [3.8, 4) is 5.88 Å². The van der Waals surface area contributed by atoms with Gasteiger partial charge in [0.2, 0.25) is 5.88 Å². The molecule has 0 radical (unpaired) electrons. The molecule has 1 aromatic heterocycles.